The first-order valence-electron chi connectivity index (χ1n) is 7.13. The van der Waals surface area contributed by atoms with Gasteiger partial charge in [0.05, 0.1) is 0 Å². The quantitative estimate of drug-likeness (QED) is 0.666. The third-order valence-electron chi connectivity index (χ3n) is 3.70. The lowest BCUT2D eigenvalue weighted by Crippen LogP contribution is -2.02. The zero-order valence-corrected chi connectivity index (χ0v) is 12.0. The number of benzene rings is 2. The first kappa shape index (κ1) is 14.7. The summed E-state index contributed by atoms with van der Waals surface area (Å²) in [5.41, 5.74) is 2.85. The van der Waals surface area contributed by atoms with Crippen LogP contribution in [0.5, 0.6) is 0 Å². The molecule has 20 heavy (non-hydrogen) atoms. The van der Waals surface area contributed by atoms with E-state index in [2.05, 4.69) is 6.92 Å². The van der Waals surface area contributed by atoms with E-state index in [1.54, 1.807) is 6.92 Å². The summed E-state index contributed by atoms with van der Waals surface area (Å²) >= 11 is 0. The molecule has 2 aromatic carbocycles. The molecule has 0 bridgehead atoms. The Morgan fingerprint density at radius 2 is 1.60 bits per heavy atom. The van der Waals surface area contributed by atoms with E-state index in [9.17, 15) is 8.78 Å². The summed E-state index contributed by atoms with van der Waals surface area (Å²) in [6.45, 7) is 3.93. The van der Waals surface area contributed by atoms with Crippen LogP contribution in [0.2, 0.25) is 0 Å². The largest absolute Gasteiger partial charge is 0.207 e. The highest BCUT2D eigenvalue weighted by Gasteiger charge is 2.15. The number of hydrogen-bond donors (Lipinski definition) is 0. The Morgan fingerprint density at radius 3 is 2.20 bits per heavy atom. The van der Waals surface area contributed by atoms with E-state index in [1.807, 2.05) is 24.3 Å². The molecule has 0 nitrogen and oxygen atoms in total. The molecule has 1 unspecified atom stereocenters. The summed E-state index contributed by atoms with van der Waals surface area (Å²) in [4.78, 5) is 0. The fraction of sp³-hybridized carbons (Fsp3) is 0.333. The van der Waals surface area contributed by atoms with Gasteiger partial charge in [0, 0.05) is 5.92 Å². The van der Waals surface area contributed by atoms with Crippen molar-refractivity contribution in [2.45, 2.75) is 39.0 Å². The first-order chi connectivity index (χ1) is 9.61. The lowest BCUT2D eigenvalue weighted by atomic mass is 9.86. The molecular weight excluding hydrogens is 254 g/mol. The molecule has 0 spiro atoms. The van der Waals surface area contributed by atoms with Gasteiger partial charge in [0.25, 0.3) is 0 Å². The van der Waals surface area contributed by atoms with Crippen molar-refractivity contribution in [1.29, 1.82) is 0 Å². The van der Waals surface area contributed by atoms with Crippen LogP contribution in [0.3, 0.4) is 0 Å². The summed E-state index contributed by atoms with van der Waals surface area (Å²) in [5, 5.41) is 0. The van der Waals surface area contributed by atoms with Gasteiger partial charge in [-0.3, -0.25) is 0 Å². The highest BCUT2D eigenvalue weighted by Crippen LogP contribution is 2.30. The molecule has 0 aliphatic carbocycles. The molecule has 1 atom stereocenters. The summed E-state index contributed by atoms with van der Waals surface area (Å²) in [6.07, 6.45) is 3.20. The van der Waals surface area contributed by atoms with Crippen LogP contribution in [-0.2, 0) is 0 Å². The highest BCUT2D eigenvalue weighted by atomic mass is 19.1. The fourth-order valence-electron chi connectivity index (χ4n) is 2.51. The fourth-order valence-corrected chi connectivity index (χ4v) is 2.51. The molecule has 0 heterocycles. The van der Waals surface area contributed by atoms with Crippen LogP contribution < -0.4 is 0 Å². The van der Waals surface area contributed by atoms with Gasteiger partial charge in [0.1, 0.15) is 11.6 Å². The molecule has 106 valence electrons. The predicted octanol–water partition coefficient (Wildman–Crippen LogP) is 5.60. The SMILES string of the molecule is CCCCC(c1ccc(F)cc1)c1ccc(F)c(C)c1. The lowest BCUT2D eigenvalue weighted by molar-refractivity contribution is 0.610. The van der Waals surface area contributed by atoms with E-state index in [-0.39, 0.29) is 17.6 Å². The second kappa shape index (κ2) is 6.65. The number of unbranched alkanes of at least 4 members (excludes halogenated alkanes) is 1. The average molecular weight is 274 g/mol. The lowest BCUT2D eigenvalue weighted by Gasteiger charge is -2.18. The van der Waals surface area contributed by atoms with Crippen LogP contribution >= 0.6 is 0 Å². The van der Waals surface area contributed by atoms with E-state index in [1.165, 1.54) is 18.2 Å². The van der Waals surface area contributed by atoms with Crippen molar-refractivity contribution in [3.8, 4) is 0 Å². The minimum atomic E-state index is -0.224. The number of hydrogen-bond acceptors (Lipinski definition) is 0. The molecule has 2 rings (SSSR count). The van der Waals surface area contributed by atoms with Crippen molar-refractivity contribution in [3.63, 3.8) is 0 Å². The molecular formula is C18H20F2. The van der Waals surface area contributed by atoms with Gasteiger partial charge in [-0.2, -0.15) is 0 Å². The summed E-state index contributed by atoms with van der Waals surface area (Å²) in [5.74, 6) is -0.199. The van der Waals surface area contributed by atoms with Crippen LogP contribution in [0, 0.1) is 18.6 Å². The van der Waals surface area contributed by atoms with Gasteiger partial charge in [-0.25, -0.2) is 8.78 Å². The molecule has 0 aliphatic heterocycles. The van der Waals surface area contributed by atoms with E-state index in [0.29, 0.717) is 5.56 Å². The molecule has 0 radical (unpaired) electrons. The van der Waals surface area contributed by atoms with Crippen molar-refractivity contribution < 1.29 is 8.78 Å². The molecule has 0 saturated heterocycles. The van der Waals surface area contributed by atoms with Gasteiger partial charge < -0.3 is 0 Å². The molecule has 0 N–H and O–H groups in total. The highest BCUT2D eigenvalue weighted by molar-refractivity contribution is 5.35. The van der Waals surface area contributed by atoms with E-state index >= 15 is 0 Å². The predicted molar refractivity (Wildman–Crippen MR) is 78.9 cm³/mol. The standard InChI is InChI=1S/C18H20F2/c1-3-4-5-17(14-6-9-16(19)10-7-14)15-8-11-18(20)13(2)12-15/h6-12,17H,3-5H2,1-2H3. The zero-order valence-electron chi connectivity index (χ0n) is 12.0. The third-order valence-corrected chi connectivity index (χ3v) is 3.70. The Hall–Kier alpha value is -1.70. The molecule has 0 saturated carbocycles. The van der Waals surface area contributed by atoms with Gasteiger partial charge in [0.2, 0.25) is 0 Å². The Bertz CT molecular complexity index is 558. The van der Waals surface area contributed by atoms with Gasteiger partial charge >= 0.3 is 0 Å². The van der Waals surface area contributed by atoms with E-state index in [4.69, 9.17) is 0 Å². The second-order valence-electron chi connectivity index (χ2n) is 5.25. The molecule has 2 heteroatoms. The smallest absolute Gasteiger partial charge is 0.126 e. The molecule has 0 aromatic heterocycles. The minimum Gasteiger partial charge on any atom is -0.207 e. The molecule has 0 aliphatic rings. The Morgan fingerprint density at radius 1 is 0.950 bits per heavy atom. The van der Waals surface area contributed by atoms with Gasteiger partial charge in [-0.1, -0.05) is 44.0 Å². The number of rotatable bonds is 5. The van der Waals surface area contributed by atoms with Crippen LogP contribution in [0.1, 0.15) is 48.8 Å². The Kier molecular flexibility index (Phi) is 4.89. The van der Waals surface area contributed by atoms with Crippen LogP contribution in [-0.4, -0.2) is 0 Å². The van der Waals surface area contributed by atoms with Crippen molar-refractivity contribution in [3.05, 3.63) is 70.8 Å². The normalized spacial score (nSPS) is 12.4. The average Bonchev–Trinajstić information content (AvgIpc) is 2.45. The Labute approximate surface area is 119 Å². The van der Waals surface area contributed by atoms with E-state index in [0.717, 1.165) is 30.4 Å². The molecule has 0 fully saturated rings. The summed E-state index contributed by atoms with van der Waals surface area (Å²) < 4.78 is 26.5. The van der Waals surface area contributed by atoms with Gasteiger partial charge in [-0.05, 0) is 48.2 Å². The summed E-state index contributed by atoms with van der Waals surface area (Å²) in [6, 6.07) is 11.9. The zero-order chi connectivity index (χ0) is 14.5. The second-order valence-corrected chi connectivity index (χ2v) is 5.25. The topological polar surface area (TPSA) is 0 Å². The first-order valence-corrected chi connectivity index (χ1v) is 7.13. The van der Waals surface area contributed by atoms with Crippen molar-refractivity contribution in [1.82, 2.24) is 0 Å². The van der Waals surface area contributed by atoms with Crippen LogP contribution in [0.25, 0.3) is 0 Å². The van der Waals surface area contributed by atoms with Crippen molar-refractivity contribution in [2.75, 3.05) is 0 Å². The molecule has 0 amide bonds. The van der Waals surface area contributed by atoms with E-state index < -0.39 is 0 Å². The maximum Gasteiger partial charge on any atom is 0.126 e. The molecule has 2 aromatic rings. The number of halogens is 2. The maximum absolute atomic E-state index is 13.4. The maximum atomic E-state index is 13.4. The van der Waals surface area contributed by atoms with Crippen molar-refractivity contribution in [2.24, 2.45) is 0 Å². The Balaban J connectivity index is 2.35. The van der Waals surface area contributed by atoms with Crippen molar-refractivity contribution >= 4 is 0 Å². The monoisotopic (exact) mass is 274 g/mol. The van der Waals surface area contributed by atoms with Gasteiger partial charge in [0.15, 0.2) is 0 Å². The minimum absolute atomic E-state index is 0.179. The summed E-state index contributed by atoms with van der Waals surface area (Å²) in [7, 11) is 0. The van der Waals surface area contributed by atoms with Crippen LogP contribution in [0.4, 0.5) is 8.78 Å². The van der Waals surface area contributed by atoms with Crippen LogP contribution in [0.15, 0.2) is 42.5 Å². The van der Waals surface area contributed by atoms with Gasteiger partial charge in [-0.15, -0.1) is 0 Å². The third kappa shape index (κ3) is 3.44. The number of aryl methyl sites for hydroxylation is 1.